The molecule has 0 aliphatic rings. The van der Waals surface area contributed by atoms with Crippen LogP contribution in [-0.2, 0) is 6.54 Å². The molecule has 1 aromatic heterocycles. The molecule has 2 N–H and O–H groups in total. The lowest BCUT2D eigenvalue weighted by molar-refractivity contribution is 0.397. The molecule has 0 fully saturated rings. The van der Waals surface area contributed by atoms with E-state index in [9.17, 15) is 0 Å². The molecule has 0 aliphatic carbocycles. The van der Waals surface area contributed by atoms with Crippen LogP contribution in [0.15, 0.2) is 16.5 Å². The summed E-state index contributed by atoms with van der Waals surface area (Å²) < 4.78 is 16.5. The van der Waals surface area contributed by atoms with Crippen molar-refractivity contribution in [3.63, 3.8) is 0 Å². The van der Waals surface area contributed by atoms with Gasteiger partial charge in [0.15, 0.2) is 0 Å². The fraction of sp³-hybridized carbons (Fsp3) is 0.429. The van der Waals surface area contributed by atoms with Gasteiger partial charge in [-0.25, -0.2) is 0 Å². The molecule has 0 spiro atoms. The predicted molar refractivity (Wildman–Crippen MR) is 71.3 cm³/mol. The number of ether oxygens (including phenoxy) is 2. The minimum atomic E-state index is 0.326. The zero-order chi connectivity index (χ0) is 13.3. The van der Waals surface area contributed by atoms with E-state index in [-0.39, 0.29) is 0 Å². The monoisotopic (exact) mass is 249 g/mol. The Balaban J connectivity index is 2.80. The maximum atomic E-state index is 5.81. The first-order valence-electron chi connectivity index (χ1n) is 5.99. The quantitative estimate of drug-likeness (QED) is 0.904. The van der Waals surface area contributed by atoms with E-state index in [1.54, 1.807) is 14.2 Å². The zero-order valence-electron chi connectivity index (χ0n) is 11.2. The zero-order valence-corrected chi connectivity index (χ0v) is 11.2. The van der Waals surface area contributed by atoms with Crippen LogP contribution < -0.4 is 15.2 Å². The first-order chi connectivity index (χ1) is 8.62. The predicted octanol–water partition coefficient (Wildman–Crippen LogP) is 3.03. The summed E-state index contributed by atoms with van der Waals surface area (Å²) in [7, 11) is 3.27. The van der Waals surface area contributed by atoms with Crippen LogP contribution in [0.1, 0.15) is 31.1 Å². The minimum absolute atomic E-state index is 0.326. The van der Waals surface area contributed by atoms with E-state index in [0.29, 0.717) is 18.2 Å². The molecule has 4 nitrogen and oxygen atoms in total. The Kier molecular flexibility index (Phi) is 3.48. The van der Waals surface area contributed by atoms with Gasteiger partial charge in [0, 0.05) is 17.7 Å². The average Bonchev–Trinajstić information content (AvgIpc) is 2.75. The van der Waals surface area contributed by atoms with Gasteiger partial charge in [0.2, 0.25) is 0 Å². The first kappa shape index (κ1) is 12.8. The number of rotatable bonds is 4. The van der Waals surface area contributed by atoms with Gasteiger partial charge in [0.1, 0.15) is 22.8 Å². The summed E-state index contributed by atoms with van der Waals surface area (Å²) in [5, 5.41) is 0.994. The summed E-state index contributed by atoms with van der Waals surface area (Å²) in [4.78, 5) is 0. The molecule has 2 aromatic rings. The molecule has 0 unspecified atom stereocenters. The van der Waals surface area contributed by atoms with E-state index >= 15 is 0 Å². The van der Waals surface area contributed by atoms with Crippen LogP contribution in [0.5, 0.6) is 11.5 Å². The molecule has 0 radical (unpaired) electrons. The third-order valence-electron chi connectivity index (χ3n) is 3.06. The fourth-order valence-electron chi connectivity index (χ4n) is 2.28. The van der Waals surface area contributed by atoms with Crippen LogP contribution in [0.25, 0.3) is 11.0 Å². The smallest absolute Gasteiger partial charge is 0.142 e. The van der Waals surface area contributed by atoms with Crippen LogP contribution in [0.3, 0.4) is 0 Å². The van der Waals surface area contributed by atoms with E-state index in [0.717, 1.165) is 28.0 Å². The summed E-state index contributed by atoms with van der Waals surface area (Å²) in [5.41, 5.74) is 7.63. The summed E-state index contributed by atoms with van der Waals surface area (Å²) in [6, 6.07) is 3.73. The summed E-state index contributed by atoms with van der Waals surface area (Å²) in [6.45, 7) is 4.62. The lowest BCUT2D eigenvalue weighted by Gasteiger charge is -2.09. The van der Waals surface area contributed by atoms with E-state index in [1.807, 2.05) is 12.1 Å². The Hall–Kier alpha value is -1.68. The number of benzene rings is 1. The molecule has 1 aromatic carbocycles. The van der Waals surface area contributed by atoms with Gasteiger partial charge >= 0.3 is 0 Å². The SMILES string of the molecule is COc1cc(OC)c2c(C(C)C)c(CN)oc2c1. The molecule has 0 saturated heterocycles. The highest BCUT2D eigenvalue weighted by atomic mass is 16.5. The normalized spacial score (nSPS) is 11.2. The summed E-state index contributed by atoms with van der Waals surface area (Å²) >= 11 is 0. The van der Waals surface area contributed by atoms with Gasteiger partial charge in [-0.05, 0) is 5.92 Å². The van der Waals surface area contributed by atoms with Crippen LogP contribution >= 0.6 is 0 Å². The molecule has 98 valence electrons. The van der Waals surface area contributed by atoms with Gasteiger partial charge in [-0.15, -0.1) is 0 Å². The number of methoxy groups -OCH3 is 2. The first-order valence-corrected chi connectivity index (χ1v) is 5.99. The Morgan fingerprint density at radius 1 is 1.22 bits per heavy atom. The molecule has 0 amide bonds. The van der Waals surface area contributed by atoms with Crippen molar-refractivity contribution in [3.05, 3.63) is 23.5 Å². The second-order valence-corrected chi connectivity index (χ2v) is 4.50. The summed E-state index contributed by atoms with van der Waals surface area (Å²) in [6.07, 6.45) is 0. The second kappa shape index (κ2) is 4.90. The number of furan rings is 1. The van der Waals surface area contributed by atoms with Crippen molar-refractivity contribution in [2.75, 3.05) is 14.2 Å². The topological polar surface area (TPSA) is 57.6 Å². The molecule has 0 bridgehead atoms. The van der Waals surface area contributed by atoms with Gasteiger partial charge < -0.3 is 19.6 Å². The van der Waals surface area contributed by atoms with Crippen LogP contribution in [0.2, 0.25) is 0 Å². The largest absolute Gasteiger partial charge is 0.496 e. The van der Waals surface area contributed by atoms with Crippen molar-refractivity contribution < 1.29 is 13.9 Å². The van der Waals surface area contributed by atoms with E-state index in [1.165, 1.54) is 0 Å². The highest BCUT2D eigenvalue weighted by molar-refractivity contribution is 5.90. The lowest BCUT2D eigenvalue weighted by atomic mass is 9.98. The van der Waals surface area contributed by atoms with Gasteiger partial charge in [0.25, 0.3) is 0 Å². The maximum absolute atomic E-state index is 5.81. The number of hydrogen-bond donors (Lipinski definition) is 1. The Morgan fingerprint density at radius 3 is 2.44 bits per heavy atom. The fourth-order valence-corrected chi connectivity index (χ4v) is 2.28. The van der Waals surface area contributed by atoms with Crippen molar-refractivity contribution in [2.45, 2.75) is 26.3 Å². The van der Waals surface area contributed by atoms with Gasteiger partial charge in [-0.3, -0.25) is 0 Å². The van der Waals surface area contributed by atoms with Crippen molar-refractivity contribution in [3.8, 4) is 11.5 Å². The maximum Gasteiger partial charge on any atom is 0.142 e. The molecule has 4 heteroatoms. The molecule has 0 saturated carbocycles. The number of nitrogens with two attached hydrogens (primary N) is 1. The van der Waals surface area contributed by atoms with Crippen LogP contribution in [-0.4, -0.2) is 14.2 Å². The Morgan fingerprint density at radius 2 is 1.94 bits per heavy atom. The molecular formula is C14H19NO3. The van der Waals surface area contributed by atoms with E-state index in [2.05, 4.69) is 13.8 Å². The molecular weight excluding hydrogens is 230 g/mol. The Labute approximate surface area is 107 Å². The Bertz CT molecular complexity index is 558. The van der Waals surface area contributed by atoms with Crippen molar-refractivity contribution in [1.82, 2.24) is 0 Å². The van der Waals surface area contributed by atoms with Gasteiger partial charge in [0.05, 0.1) is 26.2 Å². The third kappa shape index (κ3) is 1.93. The highest BCUT2D eigenvalue weighted by Gasteiger charge is 2.20. The van der Waals surface area contributed by atoms with Crippen molar-refractivity contribution in [2.24, 2.45) is 5.73 Å². The average molecular weight is 249 g/mol. The third-order valence-corrected chi connectivity index (χ3v) is 3.06. The molecule has 1 heterocycles. The van der Waals surface area contributed by atoms with Crippen molar-refractivity contribution in [1.29, 1.82) is 0 Å². The molecule has 2 rings (SSSR count). The van der Waals surface area contributed by atoms with E-state index < -0.39 is 0 Å². The number of fused-ring (bicyclic) bond motifs is 1. The standard InChI is InChI=1S/C14H19NO3/c1-8(2)13-12(7-15)18-11-6-9(16-3)5-10(17-4)14(11)13/h5-6,8H,7,15H2,1-4H3. The molecule has 0 aliphatic heterocycles. The molecule has 18 heavy (non-hydrogen) atoms. The highest BCUT2D eigenvalue weighted by Crippen LogP contribution is 2.40. The minimum Gasteiger partial charge on any atom is -0.496 e. The van der Waals surface area contributed by atoms with Gasteiger partial charge in [-0.2, -0.15) is 0 Å². The number of hydrogen-bond acceptors (Lipinski definition) is 4. The van der Waals surface area contributed by atoms with Gasteiger partial charge in [-0.1, -0.05) is 13.8 Å². The summed E-state index contributed by atoms with van der Waals surface area (Å²) in [5.74, 6) is 2.61. The second-order valence-electron chi connectivity index (χ2n) is 4.50. The van der Waals surface area contributed by atoms with Crippen LogP contribution in [0, 0.1) is 0 Å². The van der Waals surface area contributed by atoms with Crippen LogP contribution in [0.4, 0.5) is 0 Å². The lowest BCUT2D eigenvalue weighted by Crippen LogP contribution is -2.00. The van der Waals surface area contributed by atoms with E-state index in [4.69, 9.17) is 19.6 Å². The molecule has 0 atom stereocenters. The van der Waals surface area contributed by atoms with Crippen molar-refractivity contribution >= 4 is 11.0 Å².